The van der Waals surface area contributed by atoms with E-state index in [2.05, 4.69) is 4.74 Å². The molecule has 7 heteroatoms. The van der Waals surface area contributed by atoms with Crippen molar-refractivity contribution in [1.82, 2.24) is 4.31 Å². The van der Waals surface area contributed by atoms with E-state index in [9.17, 15) is 13.2 Å². The minimum atomic E-state index is -3.45. The third-order valence-electron chi connectivity index (χ3n) is 3.11. The highest BCUT2D eigenvalue weighted by Gasteiger charge is 2.29. The summed E-state index contributed by atoms with van der Waals surface area (Å²) in [6, 6.07) is 5.37. The number of anilines is 1. The summed E-state index contributed by atoms with van der Waals surface area (Å²) in [4.78, 5) is 11.0. The van der Waals surface area contributed by atoms with Crippen LogP contribution in [0.5, 0.6) is 0 Å². The number of carbonyl (C=O) groups is 1. The van der Waals surface area contributed by atoms with Crippen LogP contribution in [0.2, 0.25) is 0 Å². The molecule has 104 valence electrons. The van der Waals surface area contributed by atoms with Crippen LogP contribution in [0.1, 0.15) is 17.5 Å². The average Bonchev–Trinajstić information content (AvgIpc) is 2.79. The first kappa shape index (κ1) is 13.8. The van der Waals surface area contributed by atoms with Crippen LogP contribution in [0.3, 0.4) is 0 Å². The van der Waals surface area contributed by atoms with Gasteiger partial charge in [-0.05, 0) is 23.3 Å². The molecular weight excluding hydrogens is 268 g/mol. The van der Waals surface area contributed by atoms with Crippen LogP contribution >= 0.6 is 0 Å². The van der Waals surface area contributed by atoms with E-state index in [0.717, 1.165) is 11.1 Å². The van der Waals surface area contributed by atoms with Gasteiger partial charge in [-0.25, -0.2) is 8.42 Å². The zero-order valence-electron chi connectivity index (χ0n) is 10.6. The van der Waals surface area contributed by atoms with E-state index in [4.69, 9.17) is 5.73 Å². The van der Waals surface area contributed by atoms with E-state index in [1.165, 1.54) is 11.4 Å². The summed E-state index contributed by atoms with van der Waals surface area (Å²) in [5, 5.41) is 0. The molecule has 2 rings (SSSR count). The summed E-state index contributed by atoms with van der Waals surface area (Å²) in [6.45, 7) is 0.642. The summed E-state index contributed by atoms with van der Waals surface area (Å²) in [5.41, 5.74) is 8.16. The first-order valence-corrected chi connectivity index (χ1v) is 7.45. The molecule has 1 aliphatic rings. The van der Waals surface area contributed by atoms with Gasteiger partial charge in [-0.1, -0.05) is 6.07 Å². The Hall–Kier alpha value is -1.60. The van der Waals surface area contributed by atoms with Crippen LogP contribution in [0.25, 0.3) is 0 Å². The topological polar surface area (TPSA) is 89.7 Å². The second-order valence-electron chi connectivity index (χ2n) is 4.44. The number of rotatable bonds is 4. The van der Waals surface area contributed by atoms with Gasteiger partial charge in [-0.3, -0.25) is 4.79 Å². The standard InChI is InChI=1S/C12H16N2O4S/c1-18-12(15)4-5-19(16,17)14-7-9-2-3-11(13)6-10(9)8-14/h2-3,6H,4-5,7-8,13H2,1H3. The lowest BCUT2D eigenvalue weighted by Crippen LogP contribution is -2.29. The van der Waals surface area contributed by atoms with E-state index in [-0.39, 0.29) is 12.2 Å². The lowest BCUT2D eigenvalue weighted by atomic mass is 10.1. The van der Waals surface area contributed by atoms with E-state index >= 15 is 0 Å². The number of hydrogen-bond acceptors (Lipinski definition) is 5. The van der Waals surface area contributed by atoms with Gasteiger partial charge in [0.2, 0.25) is 10.0 Å². The Labute approximate surface area is 112 Å². The molecule has 19 heavy (non-hydrogen) atoms. The summed E-state index contributed by atoms with van der Waals surface area (Å²) >= 11 is 0. The summed E-state index contributed by atoms with van der Waals surface area (Å²) in [6.07, 6.45) is -0.131. The molecule has 2 N–H and O–H groups in total. The van der Waals surface area contributed by atoms with Gasteiger partial charge in [0.05, 0.1) is 19.3 Å². The van der Waals surface area contributed by atoms with Crippen LogP contribution < -0.4 is 5.73 Å². The number of nitrogen functional groups attached to an aromatic ring is 1. The van der Waals surface area contributed by atoms with Crippen molar-refractivity contribution in [1.29, 1.82) is 0 Å². The summed E-state index contributed by atoms with van der Waals surface area (Å²) < 4.78 is 30.0. The number of nitrogens with two attached hydrogens (primary N) is 1. The van der Waals surface area contributed by atoms with Crippen molar-refractivity contribution >= 4 is 21.7 Å². The smallest absolute Gasteiger partial charge is 0.306 e. The van der Waals surface area contributed by atoms with Crippen LogP contribution in [0, 0.1) is 0 Å². The van der Waals surface area contributed by atoms with Crippen molar-refractivity contribution < 1.29 is 17.9 Å². The minimum absolute atomic E-state index is 0.131. The molecule has 0 unspecified atom stereocenters. The number of sulfonamides is 1. The fraction of sp³-hybridized carbons (Fsp3) is 0.417. The molecule has 0 saturated heterocycles. The largest absolute Gasteiger partial charge is 0.469 e. The number of esters is 1. The Kier molecular flexibility index (Phi) is 3.77. The van der Waals surface area contributed by atoms with Crippen LogP contribution in [0.15, 0.2) is 18.2 Å². The normalized spacial score (nSPS) is 15.2. The second kappa shape index (κ2) is 5.18. The predicted octanol–water partition coefficient (Wildman–Crippen LogP) is 0.477. The maximum atomic E-state index is 12.1. The van der Waals surface area contributed by atoms with Crippen molar-refractivity contribution in [3.63, 3.8) is 0 Å². The van der Waals surface area contributed by atoms with Crippen molar-refractivity contribution in [3.05, 3.63) is 29.3 Å². The lowest BCUT2D eigenvalue weighted by Gasteiger charge is -2.14. The number of fused-ring (bicyclic) bond motifs is 1. The molecule has 0 aromatic heterocycles. The predicted molar refractivity (Wildman–Crippen MR) is 70.5 cm³/mol. The van der Waals surface area contributed by atoms with Gasteiger partial charge in [-0.2, -0.15) is 4.31 Å². The van der Waals surface area contributed by atoms with Crippen LogP contribution in [0.4, 0.5) is 5.69 Å². The van der Waals surface area contributed by atoms with E-state index in [1.807, 2.05) is 6.07 Å². The maximum absolute atomic E-state index is 12.1. The van der Waals surface area contributed by atoms with Crippen molar-refractivity contribution in [2.75, 3.05) is 18.6 Å². The Morgan fingerprint density at radius 3 is 2.74 bits per heavy atom. The zero-order valence-corrected chi connectivity index (χ0v) is 11.4. The fourth-order valence-corrected chi connectivity index (χ4v) is 3.38. The molecule has 0 radical (unpaired) electrons. The van der Waals surface area contributed by atoms with Crippen LogP contribution in [-0.2, 0) is 32.6 Å². The molecule has 1 heterocycles. The average molecular weight is 284 g/mol. The first-order chi connectivity index (χ1) is 8.92. The van der Waals surface area contributed by atoms with Crippen LogP contribution in [-0.4, -0.2) is 31.6 Å². The molecule has 1 aromatic rings. The SMILES string of the molecule is COC(=O)CCS(=O)(=O)N1Cc2ccc(N)cc2C1. The Bertz CT molecular complexity index is 598. The summed E-state index contributed by atoms with van der Waals surface area (Å²) in [5.74, 6) is -0.757. The van der Waals surface area contributed by atoms with Gasteiger partial charge in [0, 0.05) is 18.8 Å². The molecule has 0 amide bonds. The monoisotopic (exact) mass is 284 g/mol. The fourth-order valence-electron chi connectivity index (χ4n) is 2.02. The number of nitrogens with zero attached hydrogens (tertiary/aromatic N) is 1. The summed E-state index contributed by atoms with van der Waals surface area (Å²) in [7, 11) is -2.21. The molecule has 0 fully saturated rings. The van der Waals surface area contributed by atoms with Gasteiger partial charge in [0.1, 0.15) is 0 Å². The van der Waals surface area contributed by atoms with Crippen molar-refractivity contribution in [2.24, 2.45) is 0 Å². The number of carbonyl (C=O) groups excluding carboxylic acids is 1. The van der Waals surface area contributed by atoms with Gasteiger partial charge in [0.15, 0.2) is 0 Å². The third kappa shape index (κ3) is 3.05. The van der Waals surface area contributed by atoms with Gasteiger partial charge < -0.3 is 10.5 Å². The number of ether oxygens (including phenoxy) is 1. The molecule has 6 nitrogen and oxygen atoms in total. The highest BCUT2D eigenvalue weighted by molar-refractivity contribution is 7.89. The second-order valence-corrected chi connectivity index (χ2v) is 6.53. The molecule has 0 saturated carbocycles. The van der Waals surface area contributed by atoms with E-state index in [1.54, 1.807) is 12.1 Å². The van der Waals surface area contributed by atoms with Crippen molar-refractivity contribution in [2.45, 2.75) is 19.5 Å². The highest BCUT2D eigenvalue weighted by atomic mass is 32.2. The van der Waals surface area contributed by atoms with Gasteiger partial charge in [-0.15, -0.1) is 0 Å². The molecule has 0 bridgehead atoms. The highest BCUT2D eigenvalue weighted by Crippen LogP contribution is 2.27. The molecule has 1 aliphatic heterocycles. The Morgan fingerprint density at radius 2 is 2.05 bits per heavy atom. The Balaban J connectivity index is 2.07. The number of benzene rings is 1. The number of hydrogen-bond donors (Lipinski definition) is 1. The molecule has 0 aliphatic carbocycles. The maximum Gasteiger partial charge on any atom is 0.306 e. The van der Waals surface area contributed by atoms with E-state index in [0.29, 0.717) is 18.8 Å². The van der Waals surface area contributed by atoms with Crippen molar-refractivity contribution in [3.8, 4) is 0 Å². The minimum Gasteiger partial charge on any atom is -0.469 e. The van der Waals surface area contributed by atoms with Gasteiger partial charge in [0.25, 0.3) is 0 Å². The molecule has 0 atom stereocenters. The number of methoxy groups -OCH3 is 1. The third-order valence-corrected chi connectivity index (χ3v) is 4.87. The first-order valence-electron chi connectivity index (χ1n) is 5.84. The van der Waals surface area contributed by atoms with E-state index < -0.39 is 16.0 Å². The lowest BCUT2D eigenvalue weighted by molar-refractivity contribution is -0.140. The quantitative estimate of drug-likeness (QED) is 0.641. The zero-order chi connectivity index (χ0) is 14.0. The molecule has 1 aromatic carbocycles. The Morgan fingerprint density at radius 1 is 1.37 bits per heavy atom. The molecular formula is C12H16N2O4S. The van der Waals surface area contributed by atoms with Gasteiger partial charge >= 0.3 is 5.97 Å². The molecule has 0 spiro atoms.